The number of nitrogens with zero attached hydrogens (tertiary/aromatic N) is 6. The molecule has 0 saturated carbocycles. The van der Waals surface area contributed by atoms with E-state index in [2.05, 4.69) is 25.7 Å². The lowest BCUT2D eigenvalue weighted by atomic mass is 10.4. The molecule has 1 atom stereocenters. The first-order valence-electron chi connectivity index (χ1n) is 7.12. The summed E-state index contributed by atoms with van der Waals surface area (Å²) in [5, 5.41) is 22.6. The van der Waals surface area contributed by atoms with Crippen molar-refractivity contribution in [3.05, 3.63) is 47.6 Å². The Kier molecular flexibility index (Phi) is 4.13. The molecule has 0 amide bonds. The van der Waals surface area contributed by atoms with Gasteiger partial charge in [-0.05, 0) is 40.9 Å². The van der Waals surface area contributed by atoms with Gasteiger partial charge in [0.05, 0.1) is 16.4 Å². The summed E-state index contributed by atoms with van der Waals surface area (Å²) >= 11 is 3.02. The van der Waals surface area contributed by atoms with Crippen LogP contribution in [-0.4, -0.2) is 30.4 Å². The van der Waals surface area contributed by atoms with E-state index in [1.807, 2.05) is 36.6 Å². The van der Waals surface area contributed by atoms with Crippen molar-refractivity contribution in [2.75, 3.05) is 0 Å². The summed E-state index contributed by atoms with van der Waals surface area (Å²) in [6, 6.07) is 7.61. The van der Waals surface area contributed by atoms with Crippen molar-refractivity contribution >= 4 is 23.1 Å². The average molecular weight is 360 g/mol. The molecule has 0 saturated heterocycles. The minimum atomic E-state index is -0.0763. The van der Waals surface area contributed by atoms with Gasteiger partial charge in [-0.25, -0.2) is 4.68 Å². The molecule has 0 radical (unpaired) electrons. The summed E-state index contributed by atoms with van der Waals surface area (Å²) in [5.41, 5.74) is 0. The number of furan rings is 1. The third kappa shape index (κ3) is 3.10. The van der Waals surface area contributed by atoms with Crippen LogP contribution < -0.4 is 0 Å². The summed E-state index contributed by atoms with van der Waals surface area (Å²) in [6.07, 6.45) is 1.62. The number of tetrazole rings is 1. The molecule has 0 aliphatic rings. The molecule has 0 N–H and O–H groups in total. The van der Waals surface area contributed by atoms with Crippen LogP contribution in [0.2, 0.25) is 0 Å². The first-order valence-corrected chi connectivity index (χ1v) is 8.88. The Bertz CT molecular complexity index is 900. The number of aromatic nitrogens is 6. The second kappa shape index (κ2) is 6.57. The predicted molar refractivity (Wildman–Crippen MR) is 87.5 cm³/mol. The number of rotatable bonds is 6. The van der Waals surface area contributed by atoms with E-state index in [1.165, 1.54) is 11.8 Å². The van der Waals surface area contributed by atoms with Crippen LogP contribution in [-0.2, 0) is 6.54 Å². The van der Waals surface area contributed by atoms with Gasteiger partial charge in [-0.15, -0.1) is 26.6 Å². The molecule has 10 heteroatoms. The van der Waals surface area contributed by atoms with E-state index in [9.17, 15) is 0 Å². The van der Waals surface area contributed by atoms with Crippen LogP contribution in [0.15, 0.2) is 49.9 Å². The standard InChI is InChI=1S/C14H12N6O2S2/c1-9(12-15-16-13(22-12)11-5-3-7-23-11)24-14-17-18-19-20(14)8-10-4-2-6-21-10/h2-7,9H,8H2,1H3. The molecule has 0 spiro atoms. The molecule has 0 aliphatic carbocycles. The Balaban J connectivity index is 1.49. The second-order valence-corrected chi connectivity index (χ2v) is 7.14. The van der Waals surface area contributed by atoms with Gasteiger partial charge in [0.2, 0.25) is 11.0 Å². The van der Waals surface area contributed by atoms with E-state index in [0.29, 0.717) is 23.5 Å². The Morgan fingerprint density at radius 3 is 3.00 bits per heavy atom. The molecule has 0 aliphatic heterocycles. The lowest BCUT2D eigenvalue weighted by molar-refractivity contribution is 0.462. The minimum Gasteiger partial charge on any atom is -0.467 e. The minimum absolute atomic E-state index is 0.0763. The molecule has 122 valence electrons. The van der Waals surface area contributed by atoms with E-state index >= 15 is 0 Å². The molecule has 4 rings (SSSR count). The number of hydrogen-bond donors (Lipinski definition) is 0. The van der Waals surface area contributed by atoms with Crippen molar-refractivity contribution < 1.29 is 8.83 Å². The molecule has 0 bridgehead atoms. The average Bonchev–Trinajstić information content (AvgIpc) is 3.37. The molecule has 24 heavy (non-hydrogen) atoms. The Labute approximate surface area is 144 Å². The van der Waals surface area contributed by atoms with Gasteiger partial charge in [-0.1, -0.05) is 17.8 Å². The monoisotopic (exact) mass is 360 g/mol. The number of hydrogen-bond acceptors (Lipinski definition) is 9. The van der Waals surface area contributed by atoms with Crippen LogP contribution in [0.4, 0.5) is 0 Å². The van der Waals surface area contributed by atoms with E-state index in [1.54, 1.807) is 22.3 Å². The summed E-state index contributed by atoms with van der Waals surface area (Å²) in [5.74, 6) is 1.85. The normalized spacial score (nSPS) is 12.5. The van der Waals surface area contributed by atoms with Gasteiger partial charge in [0.1, 0.15) is 12.3 Å². The largest absolute Gasteiger partial charge is 0.467 e. The van der Waals surface area contributed by atoms with Gasteiger partial charge in [0.15, 0.2) is 0 Å². The quantitative estimate of drug-likeness (QED) is 0.483. The van der Waals surface area contributed by atoms with E-state index < -0.39 is 0 Å². The van der Waals surface area contributed by atoms with E-state index in [0.717, 1.165) is 10.6 Å². The number of thiophene rings is 1. The molecule has 0 aromatic carbocycles. The molecule has 4 aromatic heterocycles. The lowest BCUT2D eigenvalue weighted by Gasteiger charge is -2.06. The van der Waals surface area contributed by atoms with Crippen molar-refractivity contribution in [2.24, 2.45) is 0 Å². The third-order valence-corrected chi connectivity index (χ3v) is 5.10. The van der Waals surface area contributed by atoms with Crippen LogP contribution in [0.3, 0.4) is 0 Å². The zero-order valence-corrected chi connectivity index (χ0v) is 14.2. The highest BCUT2D eigenvalue weighted by Crippen LogP contribution is 2.34. The molecule has 0 fully saturated rings. The summed E-state index contributed by atoms with van der Waals surface area (Å²) < 4.78 is 12.8. The zero-order valence-electron chi connectivity index (χ0n) is 12.6. The first kappa shape index (κ1) is 15.1. The second-order valence-electron chi connectivity index (χ2n) is 4.88. The van der Waals surface area contributed by atoms with Gasteiger partial charge >= 0.3 is 0 Å². The van der Waals surface area contributed by atoms with Crippen molar-refractivity contribution in [3.8, 4) is 10.8 Å². The molecule has 1 unspecified atom stereocenters. The smallest absolute Gasteiger partial charge is 0.257 e. The first-order chi connectivity index (χ1) is 11.8. The summed E-state index contributed by atoms with van der Waals surface area (Å²) in [7, 11) is 0. The maximum absolute atomic E-state index is 5.76. The molecule has 4 heterocycles. The highest BCUT2D eigenvalue weighted by Gasteiger charge is 2.20. The molecule has 4 aromatic rings. The Morgan fingerprint density at radius 1 is 1.25 bits per heavy atom. The Morgan fingerprint density at radius 2 is 2.21 bits per heavy atom. The highest BCUT2D eigenvalue weighted by molar-refractivity contribution is 7.99. The van der Waals surface area contributed by atoms with Crippen LogP contribution in [0.1, 0.15) is 23.8 Å². The fourth-order valence-corrected chi connectivity index (χ4v) is 3.50. The predicted octanol–water partition coefficient (Wildman–Crippen LogP) is 3.28. The van der Waals surface area contributed by atoms with Crippen LogP contribution in [0.5, 0.6) is 0 Å². The highest BCUT2D eigenvalue weighted by atomic mass is 32.2. The van der Waals surface area contributed by atoms with Crippen molar-refractivity contribution in [3.63, 3.8) is 0 Å². The lowest BCUT2D eigenvalue weighted by Crippen LogP contribution is -2.04. The van der Waals surface area contributed by atoms with Crippen molar-refractivity contribution in [1.29, 1.82) is 0 Å². The van der Waals surface area contributed by atoms with Gasteiger partial charge in [0.25, 0.3) is 5.89 Å². The maximum Gasteiger partial charge on any atom is 0.257 e. The van der Waals surface area contributed by atoms with Gasteiger partial charge < -0.3 is 8.83 Å². The summed E-state index contributed by atoms with van der Waals surface area (Å²) in [4.78, 5) is 0.952. The molecular formula is C14H12N6O2S2. The van der Waals surface area contributed by atoms with E-state index in [4.69, 9.17) is 8.83 Å². The van der Waals surface area contributed by atoms with Crippen molar-refractivity contribution in [1.82, 2.24) is 30.4 Å². The SMILES string of the molecule is CC(Sc1nnnn1Cc1ccco1)c1nnc(-c2cccs2)o1. The molecule has 8 nitrogen and oxygen atoms in total. The summed E-state index contributed by atoms with van der Waals surface area (Å²) in [6.45, 7) is 2.45. The third-order valence-electron chi connectivity index (χ3n) is 3.19. The van der Waals surface area contributed by atoms with Gasteiger partial charge in [-0.3, -0.25) is 0 Å². The van der Waals surface area contributed by atoms with E-state index in [-0.39, 0.29) is 5.25 Å². The fourth-order valence-electron chi connectivity index (χ4n) is 2.04. The Hall–Kier alpha value is -2.46. The number of thioether (sulfide) groups is 1. The maximum atomic E-state index is 5.76. The van der Waals surface area contributed by atoms with Gasteiger partial charge in [0, 0.05) is 0 Å². The van der Waals surface area contributed by atoms with Crippen LogP contribution in [0, 0.1) is 0 Å². The van der Waals surface area contributed by atoms with Gasteiger partial charge in [-0.2, -0.15) is 0 Å². The van der Waals surface area contributed by atoms with Crippen LogP contribution >= 0.6 is 23.1 Å². The fraction of sp³-hybridized carbons (Fsp3) is 0.214. The van der Waals surface area contributed by atoms with Crippen molar-refractivity contribution in [2.45, 2.75) is 23.9 Å². The molecular weight excluding hydrogens is 348 g/mol. The van der Waals surface area contributed by atoms with Crippen LogP contribution in [0.25, 0.3) is 10.8 Å². The zero-order chi connectivity index (χ0) is 16.4. The topological polar surface area (TPSA) is 95.7 Å².